The van der Waals surface area contributed by atoms with Gasteiger partial charge < -0.3 is 5.32 Å². The second kappa shape index (κ2) is 7.02. The summed E-state index contributed by atoms with van der Waals surface area (Å²) in [4.78, 5) is 6.74. The first-order valence-electron chi connectivity index (χ1n) is 8.73. The summed E-state index contributed by atoms with van der Waals surface area (Å²) in [6.45, 7) is 3.34. The molecule has 0 bridgehead atoms. The number of hydrogen-bond donors (Lipinski definition) is 1. The van der Waals surface area contributed by atoms with Crippen LogP contribution in [0, 0.1) is 0 Å². The van der Waals surface area contributed by atoms with Crippen LogP contribution in [0.1, 0.15) is 18.4 Å². The predicted molar refractivity (Wildman–Crippen MR) is 100 cm³/mol. The third-order valence-corrected chi connectivity index (χ3v) is 4.77. The number of hydrogen-bond acceptors (Lipinski definition) is 3. The lowest BCUT2D eigenvalue weighted by Crippen LogP contribution is -2.41. The maximum atomic E-state index is 4.18. The third-order valence-electron chi connectivity index (χ3n) is 4.77. The van der Waals surface area contributed by atoms with Gasteiger partial charge in [-0.15, -0.1) is 0 Å². The molecule has 3 heteroatoms. The second-order valence-electron chi connectivity index (χ2n) is 6.64. The minimum atomic E-state index is 0.516. The number of rotatable bonds is 4. The highest BCUT2D eigenvalue weighted by atomic mass is 15.2. The van der Waals surface area contributed by atoms with E-state index in [1.165, 1.54) is 41.4 Å². The minimum Gasteiger partial charge on any atom is -0.381 e. The Balaban J connectivity index is 1.42. The average molecular weight is 317 g/mol. The van der Waals surface area contributed by atoms with Crippen molar-refractivity contribution in [3.05, 3.63) is 72.6 Å². The van der Waals surface area contributed by atoms with Crippen molar-refractivity contribution in [1.29, 1.82) is 0 Å². The second-order valence-corrected chi connectivity index (χ2v) is 6.64. The number of benzene rings is 2. The highest BCUT2D eigenvalue weighted by Gasteiger charge is 2.19. The number of fused-ring (bicyclic) bond motifs is 1. The van der Waals surface area contributed by atoms with Crippen molar-refractivity contribution >= 4 is 16.5 Å². The van der Waals surface area contributed by atoms with Gasteiger partial charge in [-0.2, -0.15) is 0 Å². The normalized spacial score (nSPS) is 18.6. The Hall–Kier alpha value is -2.39. The zero-order valence-electron chi connectivity index (χ0n) is 13.9. The summed E-state index contributed by atoms with van der Waals surface area (Å²) in [5.74, 6) is 0. The lowest BCUT2D eigenvalue weighted by molar-refractivity contribution is 0.208. The van der Waals surface area contributed by atoms with E-state index in [2.05, 4.69) is 69.8 Å². The molecule has 4 rings (SSSR count). The van der Waals surface area contributed by atoms with Gasteiger partial charge in [0.2, 0.25) is 0 Å². The highest BCUT2D eigenvalue weighted by molar-refractivity contribution is 5.84. The monoisotopic (exact) mass is 317 g/mol. The summed E-state index contributed by atoms with van der Waals surface area (Å²) in [7, 11) is 0. The van der Waals surface area contributed by atoms with Crippen molar-refractivity contribution in [2.24, 2.45) is 0 Å². The number of nitrogens with one attached hydrogen (secondary N) is 1. The average Bonchev–Trinajstić information content (AvgIpc) is 2.63. The molecule has 1 atom stereocenters. The molecular formula is C21H23N3. The molecule has 1 N–H and O–H groups in total. The summed E-state index contributed by atoms with van der Waals surface area (Å²) in [6.07, 6.45) is 6.26. The zero-order valence-corrected chi connectivity index (χ0v) is 13.9. The highest BCUT2D eigenvalue weighted by Crippen LogP contribution is 2.21. The summed E-state index contributed by atoms with van der Waals surface area (Å²) in [5.41, 5.74) is 2.61. The molecule has 0 radical (unpaired) electrons. The number of pyridine rings is 1. The molecule has 1 saturated heterocycles. The maximum absolute atomic E-state index is 4.18. The molecule has 0 aliphatic carbocycles. The first kappa shape index (κ1) is 15.2. The van der Waals surface area contributed by atoms with Gasteiger partial charge in [-0.25, -0.2) is 0 Å². The van der Waals surface area contributed by atoms with E-state index in [1.807, 2.05) is 12.4 Å². The Labute approximate surface area is 143 Å². The van der Waals surface area contributed by atoms with Gasteiger partial charge in [0.05, 0.1) is 0 Å². The molecule has 122 valence electrons. The van der Waals surface area contributed by atoms with Gasteiger partial charge in [-0.1, -0.05) is 36.4 Å². The number of aromatic nitrogens is 1. The lowest BCUT2D eigenvalue weighted by atomic mass is 10.0. The number of piperidine rings is 1. The molecule has 0 amide bonds. The van der Waals surface area contributed by atoms with E-state index < -0.39 is 0 Å². The SMILES string of the molecule is c1ccc(CN2CCC[C@@H](Nc3ccc4cnccc4c3)C2)cc1. The van der Waals surface area contributed by atoms with Crippen molar-refractivity contribution in [1.82, 2.24) is 9.88 Å². The molecule has 0 unspecified atom stereocenters. The Kier molecular flexibility index (Phi) is 4.43. The van der Waals surface area contributed by atoms with Crippen molar-refractivity contribution < 1.29 is 0 Å². The fourth-order valence-electron chi connectivity index (χ4n) is 3.57. The quantitative estimate of drug-likeness (QED) is 0.777. The molecule has 24 heavy (non-hydrogen) atoms. The largest absolute Gasteiger partial charge is 0.381 e. The Morgan fingerprint density at radius 3 is 2.88 bits per heavy atom. The molecule has 3 aromatic rings. The van der Waals surface area contributed by atoms with Crippen LogP contribution in [-0.2, 0) is 6.54 Å². The maximum Gasteiger partial charge on any atom is 0.0389 e. The van der Waals surface area contributed by atoms with Crippen LogP contribution >= 0.6 is 0 Å². The molecule has 0 saturated carbocycles. The van der Waals surface area contributed by atoms with Crippen LogP contribution in [0.4, 0.5) is 5.69 Å². The molecule has 3 nitrogen and oxygen atoms in total. The number of likely N-dealkylation sites (tertiary alicyclic amines) is 1. The number of anilines is 1. The molecule has 1 aliphatic heterocycles. The first-order chi connectivity index (χ1) is 11.9. The van der Waals surface area contributed by atoms with E-state index in [0.717, 1.165) is 13.1 Å². The van der Waals surface area contributed by atoms with Crippen molar-refractivity contribution in [2.75, 3.05) is 18.4 Å². The van der Waals surface area contributed by atoms with E-state index in [0.29, 0.717) is 6.04 Å². The zero-order chi connectivity index (χ0) is 16.2. The fourth-order valence-corrected chi connectivity index (χ4v) is 3.57. The summed E-state index contributed by atoms with van der Waals surface area (Å²) in [5, 5.41) is 6.16. The van der Waals surface area contributed by atoms with E-state index in [9.17, 15) is 0 Å². The van der Waals surface area contributed by atoms with Gasteiger partial charge in [0.1, 0.15) is 0 Å². The van der Waals surface area contributed by atoms with E-state index in [4.69, 9.17) is 0 Å². The summed E-state index contributed by atoms with van der Waals surface area (Å²) >= 11 is 0. The van der Waals surface area contributed by atoms with Crippen molar-refractivity contribution in [3.63, 3.8) is 0 Å². The smallest absolute Gasteiger partial charge is 0.0389 e. The predicted octanol–water partition coefficient (Wildman–Crippen LogP) is 4.31. The fraction of sp³-hybridized carbons (Fsp3) is 0.286. The molecule has 1 fully saturated rings. The van der Waals surface area contributed by atoms with E-state index >= 15 is 0 Å². The van der Waals surface area contributed by atoms with Crippen LogP contribution < -0.4 is 5.32 Å². The minimum absolute atomic E-state index is 0.516. The van der Waals surface area contributed by atoms with Gasteiger partial charge >= 0.3 is 0 Å². The van der Waals surface area contributed by atoms with Gasteiger partial charge in [-0.3, -0.25) is 9.88 Å². The van der Waals surface area contributed by atoms with Gasteiger partial charge in [0, 0.05) is 42.6 Å². The van der Waals surface area contributed by atoms with Gasteiger partial charge in [0.15, 0.2) is 0 Å². The van der Waals surface area contributed by atoms with Crippen LogP contribution in [0.15, 0.2) is 67.0 Å². The number of nitrogens with zero attached hydrogens (tertiary/aromatic N) is 2. The molecule has 2 heterocycles. The Morgan fingerprint density at radius 1 is 1.04 bits per heavy atom. The van der Waals surface area contributed by atoms with Crippen LogP contribution in [0.5, 0.6) is 0 Å². The summed E-state index contributed by atoms with van der Waals surface area (Å²) in [6, 6.07) is 19.9. The molecular weight excluding hydrogens is 294 g/mol. The van der Waals surface area contributed by atoms with Crippen LogP contribution in [0.3, 0.4) is 0 Å². The Morgan fingerprint density at radius 2 is 1.96 bits per heavy atom. The van der Waals surface area contributed by atoms with E-state index in [-0.39, 0.29) is 0 Å². The first-order valence-corrected chi connectivity index (χ1v) is 8.73. The molecule has 1 aromatic heterocycles. The Bertz CT molecular complexity index is 800. The summed E-state index contributed by atoms with van der Waals surface area (Å²) < 4.78 is 0. The topological polar surface area (TPSA) is 28.2 Å². The third kappa shape index (κ3) is 3.57. The standard InChI is InChI=1S/C21H23N3/c1-2-5-17(6-3-1)15-24-12-4-7-21(16-24)23-20-9-8-19-14-22-11-10-18(19)13-20/h1-3,5-6,8-11,13-14,21,23H,4,7,12,15-16H2/t21-/m1/s1. The molecule has 2 aromatic carbocycles. The van der Waals surface area contributed by atoms with Crippen molar-refractivity contribution in [3.8, 4) is 0 Å². The molecule has 1 aliphatic rings. The van der Waals surface area contributed by atoms with Crippen LogP contribution in [0.25, 0.3) is 10.8 Å². The van der Waals surface area contributed by atoms with E-state index in [1.54, 1.807) is 0 Å². The lowest BCUT2D eigenvalue weighted by Gasteiger charge is -2.33. The van der Waals surface area contributed by atoms with Gasteiger partial charge in [-0.05, 0) is 48.5 Å². The van der Waals surface area contributed by atoms with Crippen LogP contribution in [-0.4, -0.2) is 29.0 Å². The van der Waals surface area contributed by atoms with Crippen LogP contribution in [0.2, 0.25) is 0 Å². The van der Waals surface area contributed by atoms with Crippen molar-refractivity contribution in [2.45, 2.75) is 25.4 Å². The molecule has 0 spiro atoms. The van der Waals surface area contributed by atoms with Gasteiger partial charge in [0.25, 0.3) is 0 Å².